The predicted molar refractivity (Wildman–Crippen MR) is 57.6 cm³/mol. The van der Waals surface area contributed by atoms with Crippen LogP contribution in [0.25, 0.3) is 10.9 Å². The Bertz CT molecular complexity index is 539. The third-order valence-corrected chi connectivity index (χ3v) is 2.76. The molecule has 0 bridgehead atoms. The predicted octanol–water partition coefficient (Wildman–Crippen LogP) is 3.71. The summed E-state index contributed by atoms with van der Waals surface area (Å²) < 4.78 is 51.5. The van der Waals surface area contributed by atoms with Crippen LogP contribution >= 0.6 is 0 Å². The van der Waals surface area contributed by atoms with E-state index < -0.39 is 18.4 Å². The zero-order chi connectivity index (χ0) is 12.6. The van der Waals surface area contributed by atoms with Gasteiger partial charge in [-0.2, -0.15) is 13.2 Å². The van der Waals surface area contributed by atoms with Crippen molar-refractivity contribution in [2.75, 3.05) is 6.67 Å². The second kappa shape index (κ2) is 4.05. The molecular formula is C12H11F4N. The Kier molecular flexibility index (Phi) is 2.85. The van der Waals surface area contributed by atoms with Crippen molar-refractivity contribution >= 4 is 10.9 Å². The maximum absolute atomic E-state index is 12.5. The Morgan fingerprint density at radius 1 is 1.24 bits per heavy atom. The van der Waals surface area contributed by atoms with Gasteiger partial charge in [0.2, 0.25) is 0 Å². The molecule has 0 amide bonds. The molecule has 0 radical (unpaired) electrons. The third-order valence-electron chi connectivity index (χ3n) is 2.76. The summed E-state index contributed by atoms with van der Waals surface area (Å²) in [7, 11) is 1.66. The van der Waals surface area contributed by atoms with Crippen molar-refractivity contribution in [1.82, 2.24) is 4.57 Å². The van der Waals surface area contributed by atoms with E-state index in [9.17, 15) is 17.6 Å². The standard InChI is InChI=1S/C12H11F4N/c1-17-7-8(4-5-13)10-3-2-9(6-11(10)17)12(14,15)16/h2-3,6-7H,4-5H2,1H3. The number of halogens is 4. The normalized spacial score (nSPS) is 12.3. The second-order valence-corrected chi connectivity index (χ2v) is 3.93. The first-order valence-corrected chi connectivity index (χ1v) is 5.14. The average Bonchev–Trinajstić information content (AvgIpc) is 2.55. The molecule has 17 heavy (non-hydrogen) atoms. The molecule has 0 N–H and O–H groups in total. The van der Waals surface area contributed by atoms with Crippen LogP contribution in [0.4, 0.5) is 17.6 Å². The lowest BCUT2D eigenvalue weighted by Gasteiger charge is -2.07. The fourth-order valence-corrected chi connectivity index (χ4v) is 1.95. The van der Waals surface area contributed by atoms with Gasteiger partial charge in [0.15, 0.2) is 0 Å². The van der Waals surface area contributed by atoms with Crippen LogP contribution in [0, 0.1) is 0 Å². The molecule has 1 aromatic carbocycles. The van der Waals surface area contributed by atoms with Gasteiger partial charge in [-0.05, 0) is 17.7 Å². The van der Waals surface area contributed by atoms with Crippen LogP contribution in [0.15, 0.2) is 24.4 Å². The van der Waals surface area contributed by atoms with Crippen molar-refractivity contribution < 1.29 is 17.6 Å². The smallest absolute Gasteiger partial charge is 0.350 e. The van der Waals surface area contributed by atoms with E-state index >= 15 is 0 Å². The Balaban J connectivity index is 2.59. The van der Waals surface area contributed by atoms with Gasteiger partial charge in [0.1, 0.15) is 0 Å². The molecule has 0 saturated heterocycles. The molecule has 92 valence electrons. The molecular weight excluding hydrogens is 234 g/mol. The Labute approximate surface area is 95.7 Å². The lowest BCUT2D eigenvalue weighted by molar-refractivity contribution is -0.137. The van der Waals surface area contributed by atoms with E-state index in [-0.39, 0.29) is 6.42 Å². The molecule has 2 aromatic rings. The van der Waals surface area contributed by atoms with Crippen molar-refractivity contribution in [1.29, 1.82) is 0 Å². The zero-order valence-corrected chi connectivity index (χ0v) is 9.18. The number of hydrogen-bond donors (Lipinski definition) is 0. The van der Waals surface area contributed by atoms with Gasteiger partial charge in [0.25, 0.3) is 0 Å². The highest BCUT2D eigenvalue weighted by atomic mass is 19.4. The number of aromatic nitrogens is 1. The van der Waals surface area contributed by atoms with Crippen LogP contribution in [-0.2, 0) is 19.6 Å². The van der Waals surface area contributed by atoms with Gasteiger partial charge in [-0.15, -0.1) is 0 Å². The molecule has 1 heterocycles. The van der Waals surface area contributed by atoms with E-state index in [2.05, 4.69) is 0 Å². The van der Waals surface area contributed by atoms with Gasteiger partial charge >= 0.3 is 6.18 Å². The molecule has 2 rings (SSSR count). The molecule has 0 aliphatic carbocycles. The summed E-state index contributed by atoms with van der Waals surface area (Å²) in [6.07, 6.45) is -2.45. The number of fused-ring (bicyclic) bond motifs is 1. The van der Waals surface area contributed by atoms with E-state index in [1.165, 1.54) is 6.07 Å². The average molecular weight is 245 g/mol. The summed E-state index contributed by atoms with van der Waals surface area (Å²) in [4.78, 5) is 0. The number of alkyl halides is 4. The van der Waals surface area contributed by atoms with Crippen LogP contribution in [0.1, 0.15) is 11.1 Å². The largest absolute Gasteiger partial charge is 0.416 e. The van der Waals surface area contributed by atoms with Gasteiger partial charge < -0.3 is 4.57 Å². The molecule has 0 spiro atoms. The van der Waals surface area contributed by atoms with Crippen molar-refractivity contribution in [2.24, 2.45) is 7.05 Å². The number of aryl methyl sites for hydroxylation is 2. The molecule has 0 aliphatic rings. The van der Waals surface area contributed by atoms with Crippen molar-refractivity contribution in [2.45, 2.75) is 12.6 Å². The summed E-state index contributed by atoms with van der Waals surface area (Å²) in [5, 5.41) is 0.679. The van der Waals surface area contributed by atoms with Gasteiger partial charge in [0.05, 0.1) is 12.2 Å². The lowest BCUT2D eigenvalue weighted by atomic mass is 10.1. The Hall–Kier alpha value is -1.52. The van der Waals surface area contributed by atoms with E-state index in [1.54, 1.807) is 17.8 Å². The first-order chi connectivity index (χ1) is 7.93. The molecule has 0 aliphatic heterocycles. The van der Waals surface area contributed by atoms with Gasteiger partial charge in [0, 0.05) is 30.6 Å². The number of benzene rings is 1. The molecule has 0 atom stereocenters. The van der Waals surface area contributed by atoms with E-state index in [0.29, 0.717) is 10.9 Å². The fourth-order valence-electron chi connectivity index (χ4n) is 1.95. The van der Waals surface area contributed by atoms with Crippen LogP contribution < -0.4 is 0 Å². The molecule has 0 fully saturated rings. The monoisotopic (exact) mass is 245 g/mol. The topological polar surface area (TPSA) is 4.93 Å². The minimum atomic E-state index is -4.35. The van der Waals surface area contributed by atoms with E-state index in [0.717, 1.165) is 17.7 Å². The number of rotatable bonds is 2. The Morgan fingerprint density at radius 3 is 2.53 bits per heavy atom. The lowest BCUT2D eigenvalue weighted by Crippen LogP contribution is -2.04. The quantitative estimate of drug-likeness (QED) is 0.711. The number of nitrogens with zero attached hydrogens (tertiary/aromatic N) is 1. The van der Waals surface area contributed by atoms with Crippen LogP contribution in [0.2, 0.25) is 0 Å². The molecule has 1 nitrogen and oxygen atoms in total. The third kappa shape index (κ3) is 2.14. The highest BCUT2D eigenvalue weighted by molar-refractivity contribution is 5.84. The first kappa shape index (κ1) is 12.0. The maximum Gasteiger partial charge on any atom is 0.416 e. The molecule has 0 unspecified atom stereocenters. The Morgan fingerprint density at radius 2 is 1.94 bits per heavy atom. The van der Waals surface area contributed by atoms with Crippen molar-refractivity contribution in [3.05, 3.63) is 35.5 Å². The highest BCUT2D eigenvalue weighted by Crippen LogP contribution is 2.32. The number of hydrogen-bond acceptors (Lipinski definition) is 0. The van der Waals surface area contributed by atoms with E-state index in [4.69, 9.17) is 0 Å². The van der Waals surface area contributed by atoms with Gasteiger partial charge in [-0.3, -0.25) is 4.39 Å². The van der Waals surface area contributed by atoms with Crippen LogP contribution in [-0.4, -0.2) is 11.2 Å². The summed E-state index contributed by atoms with van der Waals surface area (Å²) in [5.41, 5.74) is 0.528. The van der Waals surface area contributed by atoms with Gasteiger partial charge in [-0.1, -0.05) is 6.07 Å². The summed E-state index contributed by atoms with van der Waals surface area (Å²) in [6, 6.07) is 3.53. The fraction of sp³-hybridized carbons (Fsp3) is 0.333. The second-order valence-electron chi connectivity index (χ2n) is 3.93. The maximum atomic E-state index is 12.5. The first-order valence-electron chi connectivity index (χ1n) is 5.14. The SMILES string of the molecule is Cn1cc(CCF)c2ccc(C(F)(F)F)cc21. The van der Waals surface area contributed by atoms with Gasteiger partial charge in [-0.25, -0.2) is 0 Å². The minimum Gasteiger partial charge on any atom is -0.350 e. The minimum absolute atomic E-state index is 0.225. The summed E-state index contributed by atoms with van der Waals surface area (Å²) in [5.74, 6) is 0. The molecule has 0 saturated carbocycles. The van der Waals surface area contributed by atoms with Crippen molar-refractivity contribution in [3.63, 3.8) is 0 Å². The zero-order valence-electron chi connectivity index (χ0n) is 9.18. The van der Waals surface area contributed by atoms with Crippen LogP contribution in [0.3, 0.4) is 0 Å². The molecule has 5 heteroatoms. The van der Waals surface area contributed by atoms with E-state index in [1.807, 2.05) is 0 Å². The van der Waals surface area contributed by atoms with Crippen LogP contribution in [0.5, 0.6) is 0 Å². The van der Waals surface area contributed by atoms with Crippen molar-refractivity contribution in [3.8, 4) is 0 Å². The molecule has 1 aromatic heterocycles. The summed E-state index contributed by atoms with van der Waals surface area (Å²) in [6.45, 7) is -0.514. The highest BCUT2D eigenvalue weighted by Gasteiger charge is 2.30. The summed E-state index contributed by atoms with van der Waals surface area (Å²) >= 11 is 0.